The van der Waals surface area contributed by atoms with Crippen LogP contribution in [0.1, 0.15) is 22.0 Å². The van der Waals surface area contributed by atoms with Crippen LogP contribution in [0.5, 0.6) is 0 Å². The number of carbonyl (C=O) groups excluding carboxylic acids is 2. The first-order valence-corrected chi connectivity index (χ1v) is 9.58. The number of carbonyl (C=O) groups is 2. The van der Waals surface area contributed by atoms with E-state index in [1.807, 2.05) is 0 Å². The second kappa shape index (κ2) is 7.67. The highest BCUT2D eigenvalue weighted by atomic mass is 35.5. The molecular weight excluding hydrogens is 364 g/mol. The number of halogens is 1. The molecule has 25 heavy (non-hydrogen) atoms. The summed E-state index contributed by atoms with van der Waals surface area (Å²) in [6, 6.07) is 11.7. The summed E-state index contributed by atoms with van der Waals surface area (Å²) in [7, 11) is -1.96. The molecule has 2 aromatic carbocycles. The Hall–Kier alpha value is -2.38. The summed E-state index contributed by atoms with van der Waals surface area (Å²) in [6.45, 7) is 0. The lowest BCUT2D eigenvalue weighted by Crippen LogP contribution is -2.39. The van der Waals surface area contributed by atoms with Crippen molar-refractivity contribution in [3.63, 3.8) is 0 Å². The van der Waals surface area contributed by atoms with Gasteiger partial charge in [0.25, 0.3) is 5.91 Å². The van der Waals surface area contributed by atoms with E-state index in [4.69, 9.17) is 11.6 Å². The van der Waals surface area contributed by atoms with Gasteiger partial charge in [0.2, 0.25) is 5.91 Å². The zero-order chi connectivity index (χ0) is 18.6. The summed E-state index contributed by atoms with van der Waals surface area (Å²) in [4.78, 5) is 24.6. The van der Waals surface area contributed by atoms with Crippen molar-refractivity contribution in [1.29, 1.82) is 0 Å². The van der Waals surface area contributed by atoms with Gasteiger partial charge in [-0.3, -0.25) is 9.59 Å². The van der Waals surface area contributed by atoms with Crippen LogP contribution in [0.15, 0.2) is 53.4 Å². The van der Waals surface area contributed by atoms with E-state index in [1.165, 1.54) is 25.2 Å². The summed E-state index contributed by atoms with van der Waals surface area (Å²) in [5.74, 6) is -0.967. The third-order valence-electron chi connectivity index (χ3n) is 3.53. The Morgan fingerprint density at radius 2 is 1.72 bits per heavy atom. The van der Waals surface area contributed by atoms with Gasteiger partial charge in [-0.25, -0.2) is 8.42 Å². The summed E-state index contributed by atoms with van der Waals surface area (Å²) in [5.41, 5.74) is 0.693. The molecule has 0 saturated heterocycles. The molecule has 2 rings (SSSR count). The fraction of sp³-hybridized carbons (Fsp3) is 0.176. The second-order valence-corrected chi connectivity index (χ2v) is 7.77. The third-order valence-corrected chi connectivity index (χ3v) is 4.95. The summed E-state index contributed by atoms with van der Waals surface area (Å²) < 4.78 is 23.1. The second-order valence-electron chi connectivity index (χ2n) is 5.35. The van der Waals surface area contributed by atoms with Crippen molar-refractivity contribution in [2.75, 3.05) is 13.3 Å². The van der Waals surface area contributed by atoms with E-state index >= 15 is 0 Å². The summed E-state index contributed by atoms with van der Waals surface area (Å²) in [5, 5.41) is 5.10. The summed E-state index contributed by atoms with van der Waals surface area (Å²) in [6.07, 6.45) is 1.05. The molecule has 0 fully saturated rings. The number of sulfone groups is 1. The van der Waals surface area contributed by atoms with Crippen molar-refractivity contribution in [3.05, 3.63) is 64.7 Å². The van der Waals surface area contributed by atoms with Crippen molar-refractivity contribution >= 4 is 33.3 Å². The number of benzene rings is 2. The lowest BCUT2D eigenvalue weighted by atomic mass is 10.1. The Balaban J connectivity index is 2.32. The van der Waals surface area contributed by atoms with Gasteiger partial charge in [-0.05, 0) is 23.8 Å². The monoisotopic (exact) mass is 380 g/mol. The van der Waals surface area contributed by atoms with E-state index in [0.29, 0.717) is 5.56 Å². The van der Waals surface area contributed by atoms with Crippen LogP contribution in [0.4, 0.5) is 0 Å². The Morgan fingerprint density at radius 1 is 1.08 bits per heavy atom. The van der Waals surface area contributed by atoms with E-state index in [-0.39, 0.29) is 21.4 Å². The molecule has 0 spiro atoms. The molecule has 0 aliphatic carbocycles. The van der Waals surface area contributed by atoms with E-state index in [0.717, 1.165) is 6.26 Å². The number of hydrogen-bond acceptors (Lipinski definition) is 4. The molecule has 0 aliphatic heterocycles. The van der Waals surface area contributed by atoms with Crippen LogP contribution < -0.4 is 10.6 Å². The third kappa shape index (κ3) is 4.58. The van der Waals surface area contributed by atoms with E-state index in [9.17, 15) is 18.0 Å². The molecule has 2 aromatic rings. The van der Waals surface area contributed by atoms with Crippen molar-refractivity contribution in [3.8, 4) is 0 Å². The topological polar surface area (TPSA) is 92.3 Å². The first kappa shape index (κ1) is 19.0. The smallest absolute Gasteiger partial charge is 0.253 e. The van der Waals surface area contributed by atoms with Crippen LogP contribution in [0, 0.1) is 0 Å². The summed E-state index contributed by atoms with van der Waals surface area (Å²) >= 11 is 6.05. The van der Waals surface area contributed by atoms with Crippen molar-refractivity contribution in [1.82, 2.24) is 10.6 Å². The van der Waals surface area contributed by atoms with Crippen LogP contribution in [0.2, 0.25) is 5.02 Å². The number of rotatable bonds is 5. The molecule has 8 heteroatoms. The van der Waals surface area contributed by atoms with Gasteiger partial charge in [0.05, 0.1) is 15.5 Å². The van der Waals surface area contributed by atoms with Crippen molar-refractivity contribution < 1.29 is 18.0 Å². The van der Waals surface area contributed by atoms with E-state index in [2.05, 4.69) is 10.6 Å². The van der Waals surface area contributed by atoms with Crippen LogP contribution in [-0.4, -0.2) is 33.5 Å². The van der Waals surface area contributed by atoms with Crippen LogP contribution in [0.25, 0.3) is 0 Å². The van der Waals surface area contributed by atoms with Gasteiger partial charge < -0.3 is 10.6 Å². The fourth-order valence-electron chi connectivity index (χ4n) is 2.21. The molecule has 0 heterocycles. The Kier molecular flexibility index (Phi) is 5.81. The highest BCUT2D eigenvalue weighted by molar-refractivity contribution is 7.90. The molecule has 132 valence electrons. The van der Waals surface area contributed by atoms with Gasteiger partial charge >= 0.3 is 0 Å². The van der Waals surface area contributed by atoms with Crippen LogP contribution >= 0.6 is 11.6 Å². The molecule has 2 amide bonds. The maximum Gasteiger partial charge on any atom is 0.253 e. The Labute approximate surface area is 151 Å². The van der Waals surface area contributed by atoms with Gasteiger partial charge in [0.1, 0.15) is 6.04 Å². The number of hydrogen-bond donors (Lipinski definition) is 2. The standard InChI is InChI=1S/C17H17ClN2O4S/c1-19-17(22)15(11-6-4-3-5-7-11)20-16(21)13-9-8-12(10-14(13)18)25(2,23)24/h3-10,15H,1-2H3,(H,19,22)(H,20,21). The SMILES string of the molecule is CNC(=O)C(NC(=O)c1ccc(S(C)(=O)=O)cc1Cl)c1ccccc1. The van der Waals surface area contributed by atoms with E-state index in [1.54, 1.807) is 30.3 Å². The largest absolute Gasteiger partial charge is 0.357 e. The maximum absolute atomic E-state index is 12.5. The zero-order valence-electron chi connectivity index (χ0n) is 13.6. The number of amides is 2. The maximum atomic E-state index is 12.5. The molecule has 1 unspecified atom stereocenters. The first-order valence-electron chi connectivity index (χ1n) is 7.31. The molecule has 6 nitrogen and oxygen atoms in total. The highest BCUT2D eigenvalue weighted by Crippen LogP contribution is 2.22. The van der Waals surface area contributed by atoms with Crippen molar-refractivity contribution in [2.24, 2.45) is 0 Å². The van der Waals surface area contributed by atoms with Crippen molar-refractivity contribution in [2.45, 2.75) is 10.9 Å². The lowest BCUT2D eigenvalue weighted by Gasteiger charge is -2.18. The average molecular weight is 381 g/mol. The van der Waals surface area contributed by atoms with Gasteiger partial charge in [-0.1, -0.05) is 41.9 Å². The molecule has 0 bridgehead atoms. The van der Waals surface area contributed by atoms with Crippen LogP contribution in [-0.2, 0) is 14.6 Å². The first-order chi connectivity index (χ1) is 11.7. The quantitative estimate of drug-likeness (QED) is 0.829. The average Bonchev–Trinajstić information content (AvgIpc) is 2.58. The molecule has 0 radical (unpaired) electrons. The minimum Gasteiger partial charge on any atom is -0.357 e. The van der Waals surface area contributed by atoms with E-state index < -0.39 is 21.8 Å². The zero-order valence-corrected chi connectivity index (χ0v) is 15.2. The van der Waals surface area contributed by atoms with Gasteiger partial charge in [-0.15, -0.1) is 0 Å². The minimum atomic E-state index is -3.43. The minimum absolute atomic E-state index is 0.0101. The predicted molar refractivity (Wildman–Crippen MR) is 95.3 cm³/mol. The molecular formula is C17H17ClN2O4S. The van der Waals surface area contributed by atoms with Crippen LogP contribution in [0.3, 0.4) is 0 Å². The highest BCUT2D eigenvalue weighted by Gasteiger charge is 2.23. The number of nitrogens with one attached hydrogen (secondary N) is 2. The number of likely N-dealkylation sites (N-methyl/N-ethyl adjacent to an activating group) is 1. The Bertz CT molecular complexity index is 898. The molecule has 2 N–H and O–H groups in total. The normalized spacial score (nSPS) is 12.3. The molecule has 0 saturated carbocycles. The fourth-order valence-corrected chi connectivity index (χ4v) is 3.19. The van der Waals surface area contributed by atoms with Gasteiger partial charge in [0.15, 0.2) is 9.84 Å². The molecule has 1 atom stereocenters. The predicted octanol–water partition coefficient (Wildman–Crippen LogP) is 1.96. The van der Waals surface area contributed by atoms with Gasteiger partial charge in [0, 0.05) is 13.3 Å². The van der Waals surface area contributed by atoms with Gasteiger partial charge in [-0.2, -0.15) is 0 Å². The molecule has 0 aromatic heterocycles. The Morgan fingerprint density at radius 3 is 2.24 bits per heavy atom. The lowest BCUT2D eigenvalue weighted by molar-refractivity contribution is -0.122. The molecule has 0 aliphatic rings.